The first-order chi connectivity index (χ1) is 7.15. The van der Waals surface area contributed by atoms with E-state index < -0.39 is 0 Å². The molecule has 0 aliphatic carbocycles. The first-order valence-corrected chi connectivity index (χ1v) is 6.40. The highest BCUT2D eigenvalue weighted by atomic mass is 32.1. The predicted octanol–water partition coefficient (Wildman–Crippen LogP) is 2.42. The van der Waals surface area contributed by atoms with Gasteiger partial charge in [0.05, 0.1) is 0 Å². The van der Waals surface area contributed by atoms with Gasteiger partial charge in [-0.25, -0.2) is 0 Å². The van der Waals surface area contributed by atoms with Crippen LogP contribution in [0.25, 0.3) is 0 Å². The van der Waals surface area contributed by atoms with Crippen LogP contribution in [0.4, 0.5) is 0 Å². The van der Waals surface area contributed by atoms with Crippen molar-refractivity contribution in [2.24, 2.45) is 5.92 Å². The lowest BCUT2D eigenvalue weighted by Crippen LogP contribution is -2.37. The Morgan fingerprint density at radius 1 is 1.47 bits per heavy atom. The minimum absolute atomic E-state index is 0.611. The lowest BCUT2D eigenvalue weighted by atomic mass is 10.0. The third-order valence-electron chi connectivity index (χ3n) is 3.03. The summed E-state index contributed by atoms with van der Waals surface area (Å²) >= 11 is 1.84. The molecule has 0 bridgehead atoms. The maximum absolute atomic E-state index is 3.24. The summed E-state index contributed by atoms with van der Waals surface area (Å²) in [5, 5.41) is 5.38. The lowest BCUT2D eigenvalue weighted by molar-refractivity contribution is 0.191. The number of hydrogen-bond donors (Lipinski definition) is 1. The second-order valence-electron chi connectivity index (χ2n) is 4.27. The molecule has 2 nitrogen and oxygen atoms in total. The summed E-state index contributed by atoms with van der Waals surface area (Å²) in [5.41, 5.74) is 0. The average molecular weight is 226 g/mol. The summed E-state index contributed by atoms with van der Waals surface area (Å²) in [7, 11) is 4.22. The van der Waals surface area contributed by atoms with Gasteiger partial charge in [0.1, 0.15) is 0 Å². The van der Waals surface area contributed by atoms with Crippen molar-refractivity contribution < 1.29 is 0 Å². The van der Waals surface area contributed by atoms with Gasteiger partial charge in [-0.2, -0.15) is 0 Å². The van der Waals surface area contributed by atoms with Crippen LogP contribution in [0.15, 0.2) is 17.5 Å². The number of hydrogen-bond acceptors (Lipinski definition) is 3. The van der Waals surface area contributed by atoms with Crippen LogP contribution < -0.4 is 5.32 Å². The molecule has 1 aromatic rings. The minimum Gasteiger partial charge on any atom is -0.319 e. The zero-order chi connectivity index (χ0) is 11.3. The molecular formula is C12H22N2S. The molecule has 0 spiro atoms. The Kier molecular flexibility index (Phi) is 5.29. The van der Waals surface area contributed by atoms with Gasteiger partial charge in [-0.15, -0.1) is 11.3 Å². The van der Waals surface area contributed by atoms with Crippen molar-refractivity contribution >= 4 is 11.3 Å². The highest BCUT2D eigenvalue weighted by Crippen LogP contribution is 2.15. The van der Waals surface area contributed by atoms with Gasteiger partial charge in [-0.1, -0.05) is 13.0 Å². The molecule has 0 amide bonds. The van der Waals surface area contributed by atoms with Crippen LogP contribution >= 0.6 is 11.3 Å². The van der Waals surface area contributed by atoms with E-state index in [1.807, 2.05) is 18.4 Å². The molecule has 3 heteroatoms. The fourth-order valence-electron chi connectivity index (χ4n) is 1.72. The molecule has 1 N–H and O–H groups in total. The average Bonchev–Trinajstić information content (AvgIpc) is 2.69. The van der Waals surface area contributed by atoms with Crippen LogP contribution in [0, 0.1) is 5.92 Å². The van der Waals surface area contributed by atoms with Gasteiger partial charge in [-0.05, 0) is 44.9 Å². The number of nitrogens with one attached hydrogen (secondary N) is 1. The highest BCUT2D eigenvalue weighted by molar-refractivity contribution is 7.09. The van der Waals surface area contributed by atoms with E-state index in [0.717, 1.165) is 13.1 Å². The van der Waals surface area contributed by atoms with Gasteiger partial charge in [-0.3, -0.25) is 4.90 Å². The van der Waals surface area contributed by atoms with Gasteiger partial charge >= 0.3 is 0 Å². The van der Waals surface area contributed by atoms with Crippen LogP contribution in [0.5, 0.6) is 0 Å². The molecule has 0 fully saturated rings. The fraction of sp³-hybridized carbons (Fsp3) is 0.667. The minimum atomic E-state index is 0.611. The predicted molar refractivity (Wildman–Crippen MR) is 68.3 cm³/mol. The largest absolute Gasteiger partial charge is 0.319 e. The summed E-state index contributed by atoms with van der Waals surface area (Å²) < 4.78 is 0. The van der Waals surface area contributed by atoms with Gasteiger partial charge < -0.3 is 5.32 Å². The Labute approximate surface area is 97.3 Å². The first-order valence-electron chi connectivity index (χ1n) is 5.52. The number of nitrogens with zero attached hydrogens (tertiary/aromatic N) is 1. The van der Waals surface area contributed by atoms with E-state index in [1.54, 1.807) is 0 Å². The second-order valence-corrected chi connectivity index (χ2v) is 5.30. The Morgan fingerprint density at radius 2 is 2.20 bits per heavy atom. The van der Waals surface area contributed by atoms with Crippen LogP contribution in [-0.2, 0) is 6.54 Å². The maximum atomic E-state index is 3.24. The van der Waals surface area contributed by atoms with Crippen molar-refractivity contribution in [3.05, 3.63) is 22.4 Å². The van der Waals surface area contributed by atoms with Crippen molar-refractivity contribution in [1.29, 1.82) is 0 Å². The summed E-state index contributed by atoms with van der Waals surface area (Å²) in [4.78, 5) is 3.87. The highest BCUT2D eigenvalue weighted by Gasteiger charge is 2.16. The molecule has 0 aliphatic heterocycles. The molecule has 1 heterocycles. The standard InChI is InChI=1S/C12H22N2S/c1-10(8-13-3)11(2)14(4)9-12-6-5-7-15-12/h5-7,10-11,13H,8-9H2,1-4H3. The Hall–Kier alpha value is -0.380. The van der Waals surface area contributed by atoms with Crippen LogP contribution in [0.2, 0.25) is 0 Å². The van der Waals surface area contributed by atoms with Crippen LogP contribution in [0.1, 0.15) is 18.7 Å². The van der Waals surface area contributed by atoms with Gasteiger partial charge in [0.25, 0.3) is 0 Å². The van der Waals surface area contributed by atoms with E-state index in [2.05, 4.69) is 48.6 Å². The van der Waals surface area contributed by atoms with E-state index in [4.69, 9.17) is 0 Å². The summed E-state index contributed by atoms with van der Waals surface area (Å²) in [6.45, 7) is 6.74. The quantitative estimate of drug-likeness (QED) is 0.801. The van der Waals surface area contributed by atoms with E-state index in [-0.39, 0.29) is 0 Å². The van der Waals surface area contributed by atoms with Crippen molar-refractivity contribution in [3.63, 3.8) is 0 Å². The summed E-state index contributed by atoms with van der Waals surface area (Å²) in [6.07, 6.45) is 0. The van der Waals surface area contributed by atoms with Gasteiger partial charge in [0, 0.05) is 17.5 Å². The first kappa shape index (κ1) is 12.7. The van der Waals surface area contributed by atoms with Crippen molar-refractivity contribution in [2.45, 2.75) is 26.4 Å². The second kappa shape index (κ2) is 6.26. The maximum Gasteiger partial charge on any atom is 0.0327 e. The lowest BCUT2D eigenvalue weighted by Gasteiger charge is -2.29. The normalized spacial score (nSPS) is 15.5. The Bertz CT molecular complexity index is 259. The molecule has 2 unspecified atom stereocenters. The monoisotopic (exact) mass is 226 g/mol. The van der Waals surface area contributed by atoms with E-state index in [9.17, 15) is 0 Å². The third-order valence-corrected chi connectivity index (χ3v) is 3.89. The smallest absolute Gasteiger partial charge is 0.0327 e. The number of rotatable bonds is 6. The molecule has 0 aromatic carbocycles. The fourth-order valence-corrected chi connectivity index (χ4v) is 2.49. The summed E-state index contributed by atoms with van der Waals surface area (Å²) in [5.74, 6) is 0.681. The Balaban J connectivity index is 2.42. The van der Waals surface area contributed by atoms with Gasteiger partial charge in [0.15, 0.2) is 0 Å². The van der Waals surface area contributed by atoms with E-state index >= 15 is 0 Å². The van der Waals surface area contributed by atoms with Gasteiger partial charge in [0.2, 0.25) is 0 Å². The van der Waals surface area contributed by atoms with Crippen LogP contribution in [0.3, 0.4) is 0 Å². The topological polar surface area (TPSA) is 15.3 Å². The Morgan fingerprint density at radius 3 is 2.73 bits per heavy atom. The van der Waals surface area contributed by atoms with Crippen LogP contribution in [-0.4, -0.2) is 31.6 Å². The zero-order valence-corrected chi connectivity index (χ0v) is 11.0. The SMILES string of the molecule is CNCC(C)C(C)N(C)Cc1cccs1. The van der Waals surface area contributed by atoms with Crippen molar-refractivity contribution in [3.8, 4) is 0 Å². The molecular weight excluding hydrogens is 204 g/mol. The molecule has 86 valence electrons. The molecule has 0 saturated heterocycles. The summed E-state index contributed by atoms with van der Waals surface area (Å²) in [6, 6.07) is 4.94. The molecule has 2 atom stereocenters. The molecule has 0 saturated carbocycles. The molecule has 15 heavy (non-hydrogen) atoms. The van der Waals surface area contributed by atoms with Crippen molar-refractivity contribution in [1.82, 2.24) is 10.2 Å². The van der Waals surface area contributed by atoms with E-state index in [1.165, 1.54) is 4.88 Å². The third kappa shape index (κ3) is 3.93. The molecule has 1 aromatic heterocycles. The molecule has 0 aliphatic rings. The number of thiophene rings is 1. The zero-order valence-electron chi connectivity index (χ0n) is 10.2. The molecule has 0 radical (unpaired) electrons. The van der Waals surface area contributed by atoms with Crippen molar-refractivity contribution in [2.75, 3.05) is 20.6 Å². The molecule has 1 rings (SSSR count). The van der Waals surface area contributed by atoms with E-state index in [0.29, 0.717) is 12.0 Å².